The molecule has 212 valence electrons. The van der Waals surface area contributed by atoms with Gasteiger partial charge in [-0.15, -0.1) is 0 Å². The van der Waals surface area contributed by atoms with Gasteiger partial charge in [-0.05, 0) is 51.8 Å². The predicted molar refractivity (Wildman–Crippen MR) is 155 cm³/mol. The third-order valence-electron chi connectivity index (χ3n) is 7.35. The Kier molecular flexibility index (Phi) is 8.63. The van der Waals surface area contributed by atoms with Crippen LogP contribution >= 0.6 is 15.9 Å². The molecule has 1 aliphatic rings. The van der Waals surface area contributed by atoms with Gasteiger partial charge < -0.3 is 18.9 Å². The molecule has 0 saturated carbocycles. The molecule has 0 bridgehead atoms. The average molecular weight is 624 g/mol. The van der Waals surface area contributed by atoms with E-state index in [9.17, 15) is 18.8 Å². The van der Waals surface area contributed by atoms with Crippen molar-refractivity contribution >= 4 is 32.7 Å². The lowest BCUT2D eigenvalue weighted by Gasteiger charge is -2.41. The second kappa shape index (κ2) is 12.3. The number of nitrogens with zero attached hydrogens (tertiary/aromatic N) is 5. The van der Waals surface area contributed by atoms with E-state index >= 15 is 0 Å². The summed E-state index contributed by atoms with van der Waals surface area (Å²) < 4.78 is 40.7. The van der Waals surface area contributed by atoms with Crippen LogP contribution in [0.15, 0.2) is 64.0 Å². The van der Waals surface area contributed by atoms with Crippen LogP contribution in [0.3, 0.4) is 0 Å². The second-order valence-electron chi connectivity index (χ2n) is 9.65. The fourth-order valence-corrected chi connectivity index (χ4v) is 5.75. The Hall–Kier alpha value is -3.85. The number of rotatable bonds is 8. The number of fused-ring (bicyclic) bond motifs is 1. The molecule has 1 fully saturated rings. The van der Waals surface area contributed by atoms with E-state index in [2.05, 4.69) is 31.9 Å². The summed E-state index contributed by atoms with van der Waals surface area (Å²) in [4.78, 5) is 22.4. The van der Waals surface area contributed by atoms with Crippen LogP contribution in [-0.2, 0) is 11.3 Å². The lowest BCUT2D eigenvalue weighted by molar-refractivity contribution is 0.187. The quantitative estimate of drug-likeness (QED) is 0.259. The molecule has 0 amide bonds. The Morgan fingerprint density at radius 2 is 1.73 bits per heavy atom. The highest BCUT2D eigenvalue weighted by Crippen LogP contribution is 2.37. The SMILES string of the molecule is COCCn1c(=O)c(C#N)c(N2CCN(C(c3ccc(F)cc3)c3ccc(F)cc3OC)CC2)c2nc(Br)ccc21. The van der Waals surface area contributed by atoms with E-state index in [0.717, 1.165) is 11.1 Å². The first-order valence-electron chi connectivity index (χ1n) is 13.1. The van der Waals surface area contributed by atoms with E-state index in [0.29, 0.717) is 59.9 Å². The molecule has 1 saturated heterocycles. The largest absolute Gasteiger partial charge is 0.496 e. The molecule has 0 N–H and O–H groups in total. The van der Waals surface area contributed by atoms with Gasteiger partial charge >= 0.3 is 0 Å². The third kappa shape index (κ3) is 5.68. The third-order valence-corrected chi connectivity index (χ3v) is 7.79. The number of piperazine rings is 1. The van der Waals surface area contributed by atoms with Gasteiger partial charge in [0.25, 0.3) is 5.56 Å². The fourth-order valence-electron chi connectivity index (χ4n) is 5.44. The average Bonchev–Trinajstić information content (AvgIpc) is 2.98. The van der Waals surface area contributed by atoms with Crippen molar-refractivity contribution in [2.75, 3.05) is 51.9 Å². The Morgan fingerprint density at radius 1 is 1.02 bits per heavy atom. The number of anilines is 1. The van der Waals surface area contributed by atoms with E-state index in [-0.39, 0.29) is 29.5 Å². The zero-order valence-corrected chi connectivity index (χ0v) is 24.2. The highest BCUT2D eigenvalue weighted by Gasteiger charge is 2.31. The summed E-state index contributed by atoms with van der Waals surface area (Å²) in [5.74, 6) is -0.366. The van der Waals surface area contributed by atoms with Crippen LogP contribution in [0.2, 0.25) is 0 Å². The van der Waals surface area contributed by atoms with Crippen LogP contribution < -0.4 is 15.2 Å². The molecule has 11 heteroatoms. The second-order valence-corrected chi connectivity index (χ2v) is 10.5. The van der Waals surface area contributed by atoms with Crippen molar-refractivity contribution in [3.63, 3.8) is 0 Å². The molecule has 8 nitrogen and oxygen atoms in total. The molecule has 41 heavy (non-hydrogen) atoms. The molecule has 5 rings (SSSR count). The van der Waals surface area contributed by atoms with E-state index in [4.69, 9.17) is 9.47 Å². The van der Waals surface area contributed by atoms with Gasteiger partial charge in [0, 0.05) is 51.5 Å². The van der Waals surface area contributed by atoms with Crippen LogP contribution in [0, 0.1) is 23.0 Å². The summed E-state index contributed by atoms with van der Waals surface area (Å²) in [6, 6.07) is 16.0. The molecule has 0 aliphatic carbocycles. The first kappa shape index (κ1) is 28.7. The molecule has 1 unspecified atom stereocenters. The topological polar surface area (TPSA) is 83.6 Å². The van der Waals surface area contributed by atoms with Gasteiger partial charge in [-0.25, -0.2) is 13.8 Å². The number of ether oxygens (including phenoxy) is 2. The van der Waals surface area contributed by atoms with Crippen molar-refractivity contribution < 1.29 is 18.3 Å². The van der Waals surface area contributed by atoms with Crippen molar-refractivity contribution in [1.82, 2.24) is 14.5 Å². The summed E-state index contributed by atoms with van der Waals surface area (Å²) in [6.07, 6.45) is 0. The van der Waals surface area contributed by atoms with Crippen molar-refractivity contribution in [1.29, 1.82) is 5.26 Å². The van der Waals surface area contributed by atoms with Gasteiger partial charge in [-0.2, -0.15) is 5.26 Å². The minimum atomic E-state index is -0.414. The monoisotopic (exact) mass is 623 g/mol. The number of aromatic nitrogens is 2. The van der Waals surface area contributed by atoms with Crippen molar-refractivity contribution in [2.24, 2.45) is 0 Å². The maximum Gasteiger partial charge on any atom is 0.271 e. The maximum absolute atomic E-state index is 14.1. The molecule has 1 atom stereocenters. The Balaban J connectivity index is 1.54. The van der Waals surface area contributed by atoms with Crippen molar-refractivity contribution in [3.05, 3.63) is 97.9 Å². The first-order chi connectivity index (χ1) is 19.9. The lowest BCUT2D eigenvalue weighted by Crippen LogP contribution is -2.48. The smallest absolute Gasteiger partial charge is 0.271 e. The Morgan fingerprint density at radius 3 is 2.39 bits per heavy atom. The Labute approximate surface area is 244 Å². The highest BCUT2D eigenvalue weighted by atomic mass is 79.9. The summed E-state index contributed by atoms with van der Waals surface area (Å²) in [5, 5.41) is 10.1. The normalized spacial score (nSPS) is 14.7. The lowest BCUT2D eigenvalue weighted by atomic mass is 9.95. The summed E-state index contributed by atoms with van der Waals surface area (Å²) >= 11 is 3.44. The number of pyridine rings is 2. The highest BCUT2D eigenvalue weighted by molar-refractivity contribution is 9.10. The Bertz CT molecular complexity index is 1660. The summed E-state index contributed by atoms with van der Waals surface area (Å²) in [7, 11) is 3.05. The van der Waals surface area contributed by atoms with Gasteiger partial charge in [0.2, 0.25) is 0 Å². The van der Waals surface area contributed by atoms with Crippen LogP contribution in [0.1, 0.15) is 22.7 Å². The molecule has 1 aliphatic heterocycles. The number of benzene rings is 2. The van der Waals surface area contributed by atoms with Crippen molar-refractivity contribution in [3.8, 4) is 11.8 Å². The predicted octanol–water partition coefficient (Wildman–Crippen LogP) is 4.88. The maximum atomic E-state index is 14.1. The minimum Gasteiger partial charge on any atom is -0.496 e. The van der Waals surface area contributed by atoms with Crippen molar-refractivity contribution in [2.45, 2.75) is 12.6 Å². The molecule has 2 aromatic carbocycles. The van der Waals surface area contributed by atoms with E-state index in [1.807, 2.05) is 11.0 Å². The van der Waals surface area contributed by atoms with Gasteiger partial charge in [0.1, 0.15) is 39.1 Å². The summed E-state index contributed by atoms with van der Waals surface area (Å²) in [5.41, 5.74) is 2.89. The van der Waals surface area contributed by atoms with Gasteiger partial charge in [0.15, 0.2) is 0 Å². The summed E-state index contributed by atoms with van der Waals surface area (Å²) in [6.45, 7) is 2.65. The zero-order valence-electron chi connectivity index (χ0n) is 22.6. The molecular weight excluding hydrogens is 596 g/mol. The van der Waals surface area contributed by atoms with E-state index in [1.165, 1.54) is 35.9 Å². The number of methoxy groups -OCH3 is 2. The zero-order chi connectivity index (χ0) is 29.1. The van der Waals surface area contributed by atoms with E-state index in [1.54, 1.807) is 31.4 Å². The first-order valence-corrected chi connectivity index (χ1v) is 13.9. The number of hydrogen-bond donors (Lipinski definition) is 0. The number of hydrogen-bond acceptors (Lipinski definition) is 7. The molecule has 0 radical (unpaired) electrons. The van der Waals surface area contributed by atoms with Crippen LogP contribution in [-0.4, -0.2) is 61.5 Å². The van der Waals surface area contributed by atoms with Gasteiger partial charge in [-0.1, -0.05) is 18.2 Å². The van der Waals surface area contributed by atoms with Crippen LogP contribution in [0.4, 0.5) is 14.5 Å². The molecule has 2 aromatic heterocycles. The molecule has 4 aromatic rings. The number of halogens is 3. The molecular formula is C30H28BrF2N5O3. The standard InChI is InChI=1S/C30H28BrF2N5O3/c1-40-16-15-38-24-9-10-26(31)35-27(24)29(23(18-34)30(38)39)37-13-11-36(12-14-37)28(19-3-5-20(32)6-4-19)22-8-7-21(33)17-25(22)41-2/h3-10,17,28H,11-16H2,1-2H3. The molecule has 0 spiro atoms. The van der Waals surface area contributed by atoms with Gasteiger partial charge in [0.05, 0.1) is 31.0 Å². The van der Waals surface area contributed by atoms with E-state index < -0.39 is 5.82 Å². The minimum absolute atomic E-state index is 0.0305. The van der Waals surface area contributed by atoms with Crippen LogP contribution in [0.5, 0.6) is 5.75 Å². The van der Waals surface area contributed by atoms with Gasteiger partial charge in [-0.3, -0.25) is 9.69 Å². The van der Waals surface area contributed by atoms with Crippen LogP contribution in [0.25, 0.3) is 11.0 Å². The fraction of sp³-hybridized carbons (Fsp3) is 0.300. The molecule has 3 heterocycles. The number of nitriles is 1.